The molecule has 1 aromatic carbocycles. The summed E-state index contributed by atoms with van der Waals surface area (Å²) in [5, 5.41) is 3.90. The van der Waals surface area contributed by atoms with E-state index in [2.05, 4.69) is 28.2 Å². The SMILES string of the molecule is CCNCc1ccc(-c2ccc(Br)cc2Cl)o1. The number of hydrogen-bond acceptors (Lipinski definition) is 2. The minimum atomic E-state index is 0.684. The highest BCUT2D eigenvalue weighted by Gasteiger charge is 2.08. The minimum absolute atomic E-state index is 0.684. The van der Waals surface area contributed by atoms with Gasteiger partial charge >= 0.3 is 0 Å². The van der Waals surface area contributed by atoms with E-state index < -0.39 is 0 Å². The van der Waals surface area contributed by atoms with E-state index in [9.17, 15) is 0 Å². The van der Waals surface area contributed by atoms with Crippen LogP contribution in [-0.4, -0.2) is 6.54 Å². The van der Waals surface area contributed by atoms with E-state index in [1.807, 2.05) is 30.3 Å². The van der Waals surface area contributed by atoms with E-state index in [0.29, 0.717) is 5.02 Å². The summed E-state index contributed by atoms with van der Waals surface area (Å²) in [6, 6.07) is 9.68. The molecule has 0 spiro atoms. The van der Waals surface area contributed by atoms with Crippen LogP contribution in [0.3, 0.4) is 0 Å². The molecule has 90 valence electrons. The lowest BCUT2D eigenvalue weighted by Gasteiger charge is -2.02. The number of nitrogens with one attached hydrogen (secondary N) is 1. The Hall–Kier alpha value is -0.770. The number of hydrogen-bond donors (Lipinski definition) is 1. The second-order valence-corrected chi connectivity index (χ2v) is 4.99. The lowest BCUT2D eigenvalue weighted by molar-refractivity contribution is 0.498. The van der Waals surface area contributed by atoms with Crippen LogP contribution in [-0.2, 0) is 6.54 Å². The van der Waals surface area contributed by atoms with E-state index in [4.69, 9.17) is 16.0 Å². The van der Waals surface area contributed by atoms with Gasteiger partial charge in [0.15, 0.2) is 0 Å². The molecule has 2 nitrogen and oxygen atoms in total. The van der Waals surface area contributed by atoms with Crippen molar-refractivity contribution in [2.45, 2.75) is 13.5 Å². The summed E-state index contributed by atoms with van der Waals surface area (Å²) in [7, 11) is 0. The maximum Gasteiger partial charge on any atom is 0.135 e. The zero-order valence-corrected chi connectivity index (χ0v) is 11.8. The first kappa shape index (κ1) is 12.7. The average molecular weight is 315 g/mol. The molecule has 0 bridgehead atoms. The molecule has 0 atom stereocenters. The lowest BCUT2D eigenvalue weighted by Crippen LogP contribution is -2.10. The van der Waals surface area contributed by atoms with Crippen LogP contribution in [0.15, 0.2) is 39.2 Å². The Morgan fingerprint density at radius 1 is 1.29 bits per heavy atom. The maximum absolute atomic E-state index is 6.17. The van der Waals surface area contributed by atoms with E-state index in [1.165, 1.54) is 0 Å². The smallest absolute Gasteiger partial charge is 0.135 e. The second kappa shape index (κ2) is 5.71. The normalized spacial score (nSPS) is 10.8. The molecule has 0 saturated heterocycles. The van der Waals surface area contributed by atoms with Crippen LogP contribution in [0.5, 0.6) is 0 Å². The summed E-state index contributed by atoms with van der Waals surface area (Å²) in [6.45, 7) is 3.73. The summed E-state index contributed by atoms with van der Waals surface area (Å²) >= 11 is 9.56. The fourth-order valence-electron chi connectivity index (χ4n) is 1.56. The van der Waals surface area contributed by atoms with Gasteiger partial charge in [0.25, 0.3) is 0 Å². The van der Waals surface area contributed by atoms with Crippen molar-refractivity contribution in [3.05, 3.63) is 45.6 Å². The highest BCUT2D eigenvalue weighted by atomic mass is 79.9. The van der Waals surface area contributed by atoms with E-state index in [0.717, 1.165) is 34.6 Å². The van der Waals surface area contributed by atoms with Crippen molar-refractivity contribution >= 4 is 27.5 Å². The van der Waals surface area contributed by atoms with Crippen molar-refractivity contribution in [1.29, 1.82) is 0 Å². The Balaban J connectivity index is 2.24. The highest BCUT2D eigenvalue weighted by Crippen LogP contribution is 2.31. The molecule has 0 radical (unpaired) electrons. The van der Waals surface area contributed by atoms with Crippen LogP contribution in [0.2, 0.25) is 5.02 Å². The number of benzene rings is 1. The average Bonchev–Trinajstić information content (AvgIpc) is 2.75. The van der Waals surface area contributed by atoms with Gasteiger partial charge in [-0.15, -0.1) is 0 Å². The molecule has 4 heteroatoms. The first-order chi connectivity index (χ1) is 8.20. The van der Waals surface area contributed by atoms with Gasteiger partial charge in [0.1, 0.15) is 11.5 Å². The van der Waals surface area contributed by atoms with Crippen molar-refractivity contribution in [1.82, 2.24) is 5.32 Å². The Morgan fingerprint density at radius 3 is 2.82 bits per heavy atom. The predicted octanol–water partition coefficient (Wildman–Crippen LogP) is 4.47. The van der Waals surface area contributed by atoms with Gasteiger partial charge < -0.3 is 9.73 Å². The van der Waals surface area contributed by atoms with Gasteiger partial charge in [-0.05, 0) is 36.9 Å². The Morgan fingerprint density at radius 2 is 2.12 bits per heavy atom. The van der Waals surface area contributed by atoms with E-state index >= 15 is 0 Å². The topological polar surface area (TPSA) is 25.2 Å². The van der Waals surface area contributed by atoms with E-state index in [-0.39, 0.29) is 0 Å². The molecule has 17 heavy (non-hydrogen) atoms. The zero-order chi connectivity index (χ0) is 12.3. The fourth-order valence-corrected chi connectivity index (χ4v) is 2.32. The standard InChI is InChI=1S/C13H13BrClNO/c1-2-16-8-10-4-6-13(17-10)11-5-3-9(14)7-12(11)15/h3-7,16H,2,8H2,1H3. The first-order valence-corrected chi connectivity index (χ1v) is 6.62. The van der Waals surface area contributed by atoms with Crippen LogP contribution in [0, 0.1) is 0 Å². The first-order valence-electron chi connectivity index (χ1n) is 5.45. The van der Waals surface area contributed by atoms with Gasteiger partial charge in [-0.1, -0.05) is 34.5 Å². The molecule has 1 aromatic heterocycles. The molecule has 0 aliphatic heterocycles. The summed E-state index contributed by atoms with van der Waals surface area (Å²) in [5.41, 5.74) is 0.914. The third-order valence-electron chi connectivity index (χ3n) is 2.41. The summed E-state index contributed by atoms with van der Waals surface area (Å²) in [4.78, 5) is 0. The van der Waals surface area contributed by atoms with E-state index in [1.54, 1.807) is 0 Å². The van der Waals surface area contributed by atoms with Gasteiger partial charge in [0, 0.05) is 10.0 Å². The monoisotopic (exact) mass is 313 g/mol. The maximum atomic E-state index is 6.17. The van der Waals surface area contributed by atoms with Crippen molar-refractivity contribution in [3.63, 3.8) is 0 Å². The quantitative estimate of drug-likeness (QED) is 0.900. The van der Waals surface area contributed by atoms with Gasteiger partial charge in [0.05, 0.1) is 11.6 Å². The number of rotatable bonds is 4. The summed E-state index contributed by atoms with van der Waals surface area (Å²) in [5.74, 6) is 1.72. The number of furan rings is 1. The zero-order valence-electron chi connectivity index (χ0n) is 9.47. The highest BCUT2D eigenvalue weighted by molar-refractivity contribution is 9.10. The third-order valence-corrected chi connectivity index (χ3v) is 3.21. The van der Waals surface area contributed by atoms with Crippen LogP contribution >= 0.6 is 27.5 Å². The van der Waals surface area contributed by atoms with Crippen molar-refractivity contribution < 1.29 is 4.42 Å². The lowest BCUT2D eigenvalue weighted by atomic mass is 10.2. The molecule has 1 N–H and O–H groups in total. The van der Waals surface area contributed by atoms with Gasteiger partial charge in [-0.2, -0.15) is 0 Å². The molecule has 1 heterocycles. The van der Waals surface area contributed by atoms with Crippen molar-refractivity contribution in [3.8, 4) is 11.3 Å². The predicted molar refractivity (Wildman–Crippen MR) is 74.2 cm³/mol. The molecular weight excluding hydrogens is 302 g/mol. The molecule has 0 saturated carbocycles. The van der Waals surface area contributed by atoms with Crippen molar-refractivity contribution in [2.24, 2.45) is 0 Å². The fraction of sp³-hybridized carbons (Fsp3) is 0.231. The Bertz CT molecular complexity index is 510. The molecule has 0 aliphatic rings. The second-order valence-electron chi connectivity index (χ2n) is 3.67. The number of halogens is 2. The Labute approximate surface area is 114 Å². The van der Waals surface area contributed by atoms with Gasteiger partial charge in [-0.25, -0.2) is 0 Å². The largest absolute Gasteiger partial charge is 0.460 e. The molecule has 0 unspecified atom stereocenters. The van der Waals surface area contributed by atoms with Crippen LogP contribution in [0.4, 0.5) is 0 Å². The Kier molecular flexibility index (Phi) is 4.26. The summed E-state index contributed by atoms with van der Waals surface area (Å²) < 4.78 is 6.69. The molecule has 0 aliphatic carbocycles. The molecule has 2 aromatic rings. The molecule has 0 amide bonds. The van der Waals surface area contributed by atoms with Gasteiger partial charge in [0.2, 0.25) is 0 Å². The van der Waals surface area contributed by atoms with Crippen LogP contribution in [0.1, 0.15) is 12.7 Å². The van der Waals surface area contributed by atoms with Crippen LogP contribution < -0.4 is 5.32 Å². The molecule has 2 rings (SSSR count). The third kappa shape index (κ3) is 3.12. The van der Waals surface area contributed by atoms with Crippen molar-refractivity contribution in [2.75, 3.05) is 6.54 Å². The van der Waals surface area contributed by atoms with Crippen LogP contribution in [0.25, 0.3) is 11.3 Å². The molecular formula is C13H13BrClNO. The molecule has 0 fully saturated rings. The summed E-state index contributed by atoms with van der Waals surface area (Å²) in [6.07, 6.45) is 0. The van der Waals surface area contributed by atoms with Gasteiger partial charge in [-0.3, -0.25) is 0 Å². The minimum Gasteiger partial charge on any atom is -0.460 e.